The van der Waals surface area contributed by atoms with Crippen LogP contribution in [0.25, 0.3) is 0 Å². The number of rotatable bonds is 16. The first-order chi connectivity index (χ1) is 10.2. The third-order valence-corrected chi connectivity index (χ3v) is 4.53. The third kappa shape index (κ3) is 17.4. The summed E-state index contributed by atoms with van der Waals surface area (Å²) in [5, 5.41) is 8.53. The number of unbranched alkanes of at least 4 members (excludes halogenated alkanes) is 11. The number of carboxylic acid groups (broad SMARTS) is 1. The van der Waals surface area contributed by atoms with Crippen LogP contribution in [0.3, 0.4) is 0 Å². The minimum Gasteiger partial charge on any atom is -0.481 e. The van der Waals surface area contributed by atoms with Gasteiger partial charge in [0.2, 0.25) is 0 Å². The van der Waals surface area contributed by atoms with Gasteiger partial charge in [0.15, 0.2) is 0 Å². The Balaban J connectivity index is 3.01. The van der Waals surface area contributed by atoms with E-state index in [1.807, 2.05) is 0 Å². The normalized spacial score (nSPS) is 12.5. The summed E-state index contributed by atoms with van der Waals surface area (Å²) in [4.78, 5) is 10.3. The Morgan fingerprint density at radius 2 is 1.14 bits per heavy atom. The highest BCUT2D eigenvalue weighted by atomic mass is 16.4. The molecule has 0 spiro atoms. The van der Waals surface area contributed by atoms with Crippen molar-refractivity contribution in [1.29, 1.82) is 0 Å². The molecule has 0 saturated heterocycles. The summed E-state index contributed by atoms with van der Waals surface area (Å²) in [5.74, 6) is 0.264. The van der Waals surface area contributed by atoms with Crippen molar-refractivity contribution in [3.05, 3.63) is 0 Å². The van der Waals surface area contributed by atoms with Crippen molar-refractivity contribution >= 4 is 5.97 Å². The predicted octanol–water partition coefficient (Wildman–Crippen LogP) is 6.58. The molecule has 2 nitrogen and oxygen atoms in total. The molecule has 0 aliphatic carbocycles. The molecule has 1 N–H and O–H groups in total. The second-order valence-corrected chi connectivity index (χ2v) is 6.69. The van der Waals surface area contributed by atoms with Gasteiger partial charge in [0.05, 0.1) is 0 Å². The van der Waals surface area contributed by atoms with Crippen LogP contribution >= 0.6 is 0 Å². The molecule has 0 rings (SSSR count). The van der Waals surface area contributed by atoms with Gasteiger partial charge < -0.3 is 5.11 Å². The molecule has 0 aromatic rings. The molecule has 0 aromatic heterocycles. The summed E-state index contributed by atoms with van der Waals surface area (Å²) in [6.45, 7) is 4.65. The molecular formula is C19H38O2. The topological polar surface area (TPSA) is 37.3 Å². The first kappa shape index (κ1) is 20.5. The Bertz CT molecular complexity index is 226. The molecule has 0 fully saturated rings. The van der Waals surface area contributed by atoms with E-state index >= 15 is 0 Å². The molecule has 0 aromatic carbocycles. The van der Waals surface area contributed by atoms with Crippen molar-refractivity contribution in [2.75, 3.05) is 0 Å². The maximum Gasteiger partial charge on any atom is 0.303 e. The lowest BCUT2D eigenvalue weighted by Gasteiger charge is -2.07. The zero-order chi connectivity index (χ0) is 15.8. The fourth-order valence-electron chi connectivity index (χ4n) is 2.74. The lowest BCUT2D eigenvalue weighted by molar-refractivity contribution is -0.137. The van der Waals surface area contributed by atoms with Gasteiger partial charge in [-0.1, -0.05) is 97.3 Å². The quantitative estimate of drug-likeness (QED) is 0.327. The van der Waals surface area contributed by atoms with Crippen molar-refractivity contribution in [2.24, 2.45) is 5.92 Å². The highest BCUT2D eigenvalue weighted by Gasteiger charge is 1.99. The third-order valence-electron chi connectivity index (χ3n) is 4.53. The number of carbonyl (C=O) groups is 1. The van der Waals surface area contributed by atoms with Crippen molar-refractivity contribution < 1.29 is 9.90 Å². The standard InChI is InChI=1S/C19H38O2/c1-3-18(2)16-14-12-10-8-6-4-5-7-9-11-13-15-17-19(20)21/h18H,3-17H2,1-2H3,(H,20,21)/t18-/m1/s1. The van der Waals surface area contributed by atoms with Crippen LogP contribution in [0.1, 0.15) is 110 Å². The predicted molar refractivity (Wildman–Crippen MR) is 91.7 cm³/mol. The van der Waals surface area contributed by atoms with E-state index in [1.54, 1.807) is 0 Å². The molecule has 0 unspecified atom stereocenters. The molecule has 1 atom stereocenters. The van der Waals surface area contributed by atoms with Gasteiger partial charge in [0.1, 0.15) is 0 Å². The SMILES string of the molecule is CC[C@@H](C)CCCCCCCCCCCCCCC(=O)O. The molecule has 0 bridgehead atoms. The number of hydrogen-bond acceptors (Lipinski definition) is 1. The van der Waals surface area contributed by atoms with Gasteiger partial charge in [0, 0.05) is 6.42 Å². The summed E-state index contributed by atoms with van der Waals surface area (Å²) in [6.07, 6.45) is 18.7. The summed E-state index contributed by atoms with van der Waals surface area (Å²) in [5.41, 5.74) is 0. The molecule has 0 aliphatic rings. The van der Waals surface area contributed by atoms with Gasteiger partial charge in [-0.3, -0.25) is 4.79 Å². The largest absolute Gasteiger partial charge is 0.481 e. The van der Waals surface area contributed by atoms with Crippen LogP contribution in [0.4, 0.5) is 0 Å². The average Bonchev–Trinajstić information content (AvgIpc) is 2.46. The Hall–Kier alpha value is -0.530. The zero-order valence-electron chi connectivity index (χ0n) is 14.5. The van der Waals surface area contributed by atoms with Crippen LogP contribution < -0.4 is 0 Å². The minimum atomic E-state index is -0.654. The van der Waals surface area contributed by atoms with E-state index in [4.69, 9.17) is 5.11 Å². The van der Waals surface area contributed by atoms with E-state index in [2.05, 4.69) is 13.8 Å². The second kappa shape index (κ2) is 15.9. The molecule has 21 heavy (non-hydrogen) atoms. The zero-order valence-corrected chi connectivity index (χ0v) is 14.5. The van der Waals surface area contributed by atoms with E-state index in [-0.39, 0.29) is 0 Å². The molecule has 2 heteroatoms. The van der Waals surface area contributed by atoms with Gasteiger partial charge in [-0.25, -0.2) is 0 Å². The van der Waals surface area contributed by atoms with Gasteiger partial charge in [0.25, 0.3) is 0 Å². The van der Waals surface area contributed by atoms with Crippen molar-refractivity contribution in [3.8, 4) is 0 Å². The van der Waals surface area contributed by atoms with Crippen LogP contribution in [-0.2, 0) is 4.79 Å². The van der Waals surface area contributed by atoms with Crippen LogP contribution in [0.2, 0.25) is 0 Å². The van der Waals surface area contributed by atoms with Gasteiger partial charge >= 0.3 is 5.97 Å². The Labute approximate surface area is 132 Å². The van der Waals surface area contributed by atoms with Crippen molar-refractivity contribution in [2.45, 2.75) is 110 Å². The molecule has 126 valence electrons. The lowest BCUT2D eigenvalue weighted by atomic mass is 9.99. The van der Waals surface area contributed by atoms with E-state index in [0.717, 1.165) is 18.8 Å². The lowest BCUT2D eigenvalue weighted by Crippen LogP contribution is -1.93. The smallest absolute Gasteiger partial charge is 0.303 e. The maximum absolute atomic E-state index is 10.3. The van der Waals surface area contributed by atoms with Crippen LogP contribution in [0.15, 0.2) is 0 Å². The van der Waals surface area contributed by atoms with Crippen LogP contribution in [0.5, 0.6) is 0 Å². The fraction of sp³-hybridized carbons (Fsp3) is 0.947. The van der Waals surface area contributed by atoms with Crippen LogP contribution in [0, 0.1) is 5.92 Å². The number of carboxylic acids is 1. The molecule has 0 saturated carbocycles. The fourth-order valence-corrected chi connectivity index (χ4v) is 2.74. The monoisotopic (exact) mass is 298 g/mol. The molecule has 0 amide bonds. The Morgan fingerprint density at radius 3 is 1.52 bits per heavy atom. The summed E-state index contributed by atoms with van der Waals surface area (Å²) in [7, 11) is 0. The van der Waals surface area contributed by atoms with Crippen molar-refractivity contribution in [1.82, 2.24) is 0 Å². The van der Waals surface area contributed by atoms with Gasteiger partial charge in [-0.15, -0.1) is 0 Å². The summed E-state index contributed by atoms with van der Waals surface area (Å²) >= 11 is 0. The summed E-state index contributed by atoms with van der Waals surface area (Å²) < 4.78 is 0. The van der Waals surface area contributed by atoms with E-state index in [9.17, 15) is 4.79 Å². The van der Waals surface area contributed by atoms with Crippen molar-refractivity contribution in [3.63, 3.8) is 0 Å². The minimum absolute atomic E-state index is 0.344. The summed E-state index contributed by atoms with van der Waals surface area (Å²) in [6, 6.07) is 0. The molecule has 0 radical (unpaired) electrons. The first-order valence-electron chi connectivity index (χ1n) is 9.38. The highest BCUT2D eigenvalue weighted by Crippen LogP contribution is 2.15. The van der Waals surface area contributed by atoms with Crippen LogP contribution in [-0.4, -0.2) is 11.1 Å². The molecular weight excluding hydrogens is 260 g/mol. The first-order valence-corrected chi connectivity index (χ1v) is 9.38. The Morgan fingerprint density at radius 1 is 0.762 bits per heavy atom. The van der Waals surface area contributed by atoms with Gasteiger partial charge in [-0.2, -0.15) is 0 Å². The van der Waals surface area contributed by atoms with Gasteiger partial charge in [-0.05, 0) is 12.3 Å². The number of aliphatic carboxylic acids is 1. The number of hydrogen-bond donors (Lipinski definition) is 1. The molecule has 0 aliphatic heterocycles. The van der Waals surface area contributed by atoms with E-state index in [1.165, 1.54) is 77.0 Å². The molecule has 0 heterocycles. The Kier molecular flexibility index (Phi) is 15.5. The highest BCUT2D eigenvalue weighted by molar-refractivity contribution is 5.66. The van der Waals surface area contributed by atoms with E-state index < -0.39 is 5.97 Å². The average molecular weight is 299 g/mol. The maximum atomic E-state index is 10.3. The van der Waals surface area contributed by atoms with E-state index in [0.29, 0.717) is 6.42 Å². The second-order valence-electron chi connectivity index (χ2n) is 6.69.